The summed E-state index contributed by atoms with van der Waals surface area (Å²) in [5, 5.41) is 3.52. The molecule has 0 spiro atoms. The Labute approximate surface area is 121 Å². The highest BCUT2D eigenvalue weighted by Gasteiger charge is 2.05. The van der Waals surface area contributed by atoms with Gasteiger partial charge in [0.05, 0.1) is 22.9 Å². The molecule has 0 saturated carbocycles. The molecule has 1 heterocycles. The van der Waals surface area contributed by atoms with Gasteiger partial charge in [0, 0.05) is 6.54 Å². The number of fused-ring (bicyclic) bond motifs is 1. The molecular formula is C17H25N3. The average Bonchev–Trinajstić information content (AvgIpc) is 2.50. The standard InChI is InChI=1S/C17H25N3/c1-3-5-8-14(4-2)11-18-12-15-13-19-16-9-6-7-10-17(16)20-15/h6-7,9-10,13-14,18H,3-5,8,11-12H2,1-2H3. The molecule has 0 radical (unpaired) electrons. The van der Waals surface area contributed by atoms with Gasteiger partial charge in [0.15, 0.2) is 0 Å². The van der Waals surface area contributed by atoms with E-state index in [4.69, 9.17) is 0 Å². The van der Waals surface area contributed by atoms with E-state index < -0.39 is 0 Å². The van der Waals surface area contributed by atoms with Crippen molar-refractivity contribution in [3.05, 3.63) is 36.2 Å². The zero-order chi connectivity index (χ0) is 14.2. The first kappa shape index (κ1) is 14.9. The Hall–Kier alpha value is -1.48. The van der Waals surface area contributed by atoms with Crippen LogP contribution in [0.15, 0.2) is 30.5 Å². The smallest absolute Gasteiger partial charge is 0.0890 e. The van der Waals surface area contributed by atoms with Gasteiger partial charge < -0.3 is 5.32 Å². The predicted octanol–water partition coefficient (Wildman–Crippen LogP) is 3.94. The van der Waals surface area contributed by atoms with E-state index >= 15 is 0 Å². The van der Waals surface area contributed by atoms with E-state index in [-0.39, 0.29) is 0 Å². The largest absolute Gasteiger partial charge is 0.311 e. The third-order valence-corrected chi connectivity index (χ3v) is 3.78. The summed E-state index contributed by atoms with van der Waals surface area (Å²) in [7, 11) is 0. The molecule has 2 rings (SSSR count). The number of hydrogen-bond acceptors (Lipinski definition) is 3. The number of para-hydroxylation sites is 2. The zero-order valence-electron chi connectivity index (χ0n) is 12.6. The van der Waals surface area contributed by atoms with Crippen molar-refractivity contribution < 1.29 is 0 Å². The van der Waals surface area contributed by atoms with Crippen molar-refractivity contribution in [2.45, 2.75) is 46.1 Å². The van der Waals surface area contributed by atoms with Gasteiger partial charge >= 0.3 is 0 Å². The van der Waals surface area contributed by atoms with Crippen LogP contribution in [0.4, 0.5) is 0 Å². The SMILES string of the molecule is CCCCC(CC)CNCc1cnc2ccccc2n1. The van der Waals surface area contributed by atoms with Crippen LogP contribution in [0, 0.1) is 5.92 Å². The van der Waals surface area contributed by atoms with Crippen molar-refractivity contribution in [1.82, 2.24) is 15.3 Å². The Morgan fingerprint density at radius 2 is 1.95 bits per heavy atom. The van der Waals surface area contributed by atoms with Gasteiger partial charge in [-0.15, -0.1) is 0 Å². The minimum atomic E-state index is 0.781. The van der Waals surface area contributed by atoms with Crippen LogP contribution in [-0.4, -0.2) is 16.5 Å². The van der Waals surface area contributed by atoms with Crippen LogP contribution >= 0.6 is 0 Å². The maximum Gasteiger partial charge on any atom is 0.0890 e. The molecule has 0 fully saturated rings. The lowest BCUT2D eigenvalue weighted by atomic mass is 9.99. The minimum absolute atomic E-state index is 0.781. The first-order valence-electron chi connectivity index (χ1n) is 7.74. The minimum Gasteiger partial charge on any atom is -0.311 e. The number of hydrogen-bond donors (Lipinski definition) is 1. The van der Waals surface area contributed by atoms with E-state index in [1.54, 1.807) is 0 Å². The number of nitrogens with one attached hydrogen (secondary N) is 1. The van der Waals surface area contributed by atoms with Crippen LogP contribution in [0.1, 0.15) is 45.2 Å². The molecule has 108 valence electrons. The lowest BCUT2D eigenvalue weighted by Gasteiger charge is -2.15. The van der Waals surface area contributed by atoms with Gasteiger partial charge in [0.1, 0.15) is 0 Å². The zero-order valence-corrected chi connectivity index (χ0v) is 12.6. The normalized spacial score (nSPS) is 12.7. The lowest BCUT2D eigenvalue weighted by Crippen LogP contribution is -2.22. The number of benzene rings is 1. The highest BCUT2D eigenvalue weighted by Crippen LogP contribution is 2.12. The average molecular weight is 271 g/mol. The summed E-state index contributed by atoms with van der Waals surface area (Å²) in [6.07, 6.45) is 7.06. The monoisotopic (exact) mass is 271 g/mol. The van der Waals surface area contributed by atoms with E-state index in [1.165, 1.54) is 25.7 Å². The van der Waals surface area contributed by atoms with Gasteiger partial charge in [-0.1, -0.05) is 45.2 Å². The molecule has 0 amide bonds. The number of nitrogens with zero attached hydrogens (tertiary/aromatic N) is 2. The first-order chi connectivity index (χ1) is 9.83. The molecule has 3 nitrogen and oxygen atoms in total. The Morgan fingerprint density at radius 1 is 1.15 bits per heavy atom. The molecular weight excluding hydrogens is 246 g/mol. The predicted molar refractivity (Wildman–Crippen MR) is 84.6 cm³/mol. The lowest BCUT2D eigenvalue weighted by molar-refractivity contribution is 0.418. The van der Waals surface area contributed by atoms with Gasteiger partial charge in [0.25, 0.3) is 0 Å². The second-order valence-corrected chi connectivity index (χ2v) is 5.40. The van der Waals surface area contributed by atoms with Crippen LogP contribution in [0.3, 0.4) is 0 Å². The van der Waals surface area contributed by atoms with E-state index in [9.17, 15) is 0 Å². The summed E-state index contributed by atoms with van der Waals surface area (Å²) in [6, 6.07) is 8.01. The molecule has 1 N–H and O–H groups in total. The molecule has 0 aliphatic rings. The summed E-state index contributed by atoms with van der Waals surface area (Å²) in [5.74, 6) is 0.781. The maximum absolute atomic E-state index is 4.64. The van der Waals surface area contributed by atoms with Crippen molar-refractivity contribution >= 4 is 11.0 Å². The third-order valence-electron chi connectivity index (χ3n) is 3.78. The third kappa shape index (κ3) is 4.27. The fraction of sp³-hybridized carbons (Fsp3) is 0.529. The summed E-state index contributed by atoms with van der Waals surface area (Å²) in [6.45, 7) is 6.41. The summed E-state index contributed by atoms with van der Waals surface area (Å²) < 4.78 is 0. The second-order valence-electron chi connectivity index (χ2n) is 5.40. The van der Waals surface area contributed by atoms with E-state index in [0.29, 0.717) is 0 Å². The van der Waals surface area contributed by atoms with E-state index in [0.717, 1.165) is 35.7 Å². The highest BCUT2D eigenvalue weighted by atomic mass is 14.9. The second kappa shape index (κ2) is 7.95. The van der Waals surface area contributed by atoms with Gasteiger partial charge in [-0.2, -0.15) is 0 Å². The molecule has 0 bridgehead atoms. The summed E-state index contributed by atoms with van der Waals surface area (Å²) in [5.41, 5.74) is 2.96. The summed E-state index contributed by atoms with van der Waals surface area (Å²) in [4.78, 5) is 9.08. The highest BCUT2D eigenvalue weighted by molar-refractivity contribution is 5.73. The molecule has 0 saturated heterocycles. The van der Waals surface area contributed by atoms with Crippen LogP contribution in [0.2, 0.25) is 0 Å². The molecule has 0 aliphatic carbocycles. The molecule has 3 heteroatoms. The van der Waals surface area contributed by atoms with Gasteiger partial charge in [-0.05, 0) is 31.0 Å². The van der Waals surface area contributed by atoms with Crippen molar-refractivity contribution in [3.63, 3.8) is 0 Å². The van der Waals surface area contributed by atoms with E-state index in [2.05, 4.69) is 29.1 Å². The molecule has 0 aliphatic heterocycles. The molecule has 1 unspecified atom stereocenters. The van der Waals surface area contributed by atoms with Gasteiger partial charge in [0.2, 0.25) is 0 Å². The van der Waals surface area contributed by atoms with Gasteiger partial charge in [-0.3, -0.25) is 4.98 Å². The first-order valence-corrected chi connectivity index (χ1v) is 7.74. The number of aromatic nitrogens is 2. The molecule has 2 aromatic rings. The Balaban J connectivity index is 1.85. The Morgan fingerprint density at radius 3 is 2.70 bits per heavy atom. The number of rotatable bonds is 8. The van der Waals surface area contributed by atoms with Gasteiger partial charge in [-0.25, -0.2) is 4.98 Å². The van der Waals surface area contributed by atoms with Crippen molar-refractivity contribution in [1.29, 1.82) is 0 Å². The topological polar surface area (TPSA) is 37.8 Å². The fourth-order valence-electron chi connectivity index (χ4n) is 2.43. The van der Waals surface area contributed by atoms with Crippen LogP contribution in [0.25, 0.3) is 11.0 Å². The molecule has 1 atom stereocenters. The fourth-order valence-corrected chi connectivity index (χ4v) is 2.43. The van der Waals surface area contributed by atoms with Crippen molar-refractivity contribution in [2.24, 2.45) is 5.92 Å². The van der Waals surface area contributed by atoms with Crippen LogP contribution in [0.5, 0.6) is 0 Å². The molecule has 20 heavy (non-hydrogen) atoms. The summed E-state index contributed by atoms with van der Waals surface area (Å²) >= 11 is 0. The molecule has 1 aromatic heterocycles. The van der Waals surface area contributed by atoms with Crippen LogP contribution in [-0.2, 0) is 6.54 Å². The quantitative estimate of drug-likeness (QED) is 0.790. The van der Waals surface area contributed by atoms with Crippen LogP contribution < -0.4 is 5.32 Å². The Bertz CT molecular complexity index is 524. The van der Waals surface area contributed by atoms with E-state index in [1.807, 2.05) is 30.5 Å². The Kier molecular flexibility index (Phi) is 5.93. The van der Waals surface area contributed by atoms with Crippen molar-refractivity contribution in [2.75, 3.05) is 6.54 Å². The maximum atomic E-state index is 4.64. The molecule has 1 aromatic carbocycles. The number of unbranched alkanes of at least 4 members (excludes halogenated alkanes) is 1. The van der Waals surface area contributed by atoms with Crippen molar-refractivity contribution in [3.8, 4) is 0 Å².